The van der Waals surface area contributed by atoms with E-state index in [-0.39, 0.29) is 5.91 Å². The number of nitrogens with zero attached hydrogens (tertiary/aromatic N) is 1. The van der Waals surface area contributed by atoms with Crippen LogP contribution >= 0.6 is 22.6 Å². The van der Waals surface area contributed by atoms with Crippen LogP contribution in [0.1, 0.15) is 22.3 Å². The van der Waals surface area contributed by atoms with Gasteiger partial charge >= 0.3 is 5.97 Å². The van der Waals surface area contributed by atoms with Crippen LogP contribution in [0.25, 0.3) is 0 Å². The normalized spacial score (nSPS) is 19.0. The number of likely N-dealkylation sites (tertiary alicyclic amines) is 1. The monoisotopic (exact) mass is 359 g/mol. The Morgan fingerprint density at radius 3 is 2.78 bits per heavy atom. The fourth-order valence-electron chi connectivity index (χ4n) is 2.12. The maximum absolute atomic E-state index is 12.3. The van der Waals surface area contributed by atoms with Crippen LogP contribution in [0.2, 0.25) is 0 Å². The first-order valence-electron chi connectivity index (χ1n) is 5.77. The summed E-state index contributed by atoms with van der Waals surface area (Å²) in [6.45, 7) is 2.79. The van der Waals surface area contributed by atoms with Gasteiger partial charge in [0.2, 0.25) is 0 Å². The van der Waals surface area contributed by atoms with Crippen LogP contribution in [0.5, 0.6) is 0 Å². The number of rotatable bonds is 2. The first-order valence-corrected chi connectivity index (χ1v) is 6.85. The molecule has 1 saturated heterocycles. The van der Waals surface area contributed by atoms with Crippen molar-refractivity contribution in [1.82, 2.24) is 4.90 Å². The van der Waals surface area contributed by atoms with Crippen LogP contribution in [0.3, 0.4) is 0 Å². The van der Waals surface area contributed by atoms with Crippen molar-refractivity contribution < 1.29 is 14.7 Å². The lowest BCUT2D eigenvalue weighted by atomic mass is 10.1. The van der Waals surface area contributed by atoms with Gasteiger partial charge in [0.05, 0.1) is 11.5 Å². The van der Waals surface area contributed by atoms with E-state index in [9.17, 15) is 9.59 Å². The maximum atomic E-state index is 12.3. The van der Waals surface area contributed by atoms with Gasteiger partial charge in [-0.3, -0.25) is 9.59 Å². The molecule has 96 valence electrons. The van der Waals surface area contributed by atoms with Crippen LogP contribution in [0.15, 0.2) is 18.2 Å². The standard InChI is InChI=1S/C13H14INO3/c1-8-2-3-11(14)10(6-8)12(16)15-5-4-9(7-15)13(17)18/h2-3,6,9H,4-5,7H2,1H3,(H,17,18). The third-order valence-corrected chi connectivity index (χ3v) is 4.12. The van der Waals surface area contributed by atoms with Crippen molar-refractivity contribution in [3.8, 4) is 0 Å². The van der Waals surface area contributed by atoms with Gasteiger partial charge in [0.15, 0.2) is 0 Å². The van der Waals surface area contributed by atoms with Crippen LogP contribution in [0.4, 0.5) is 0 Å². The summed E-state index contributed by atoms with van der Waals surface area (Å²) in [6, 6.07) is 5.73. The van der Waals surface area contributed by atoms with Gasteiger partial charge in [0.1, 0.15) is 0 Å². The fourth-order valence-corrected chi connectivity index (χ4v) is 2.69. The van der Waals surface area contributed by atoms with Gasteiger partial charge in [0.25, 0.3) is 5.91 Å². The molecule has 0 bridgehead atoms. The molecule has 1 unspecified atom stereocenters. The van der Waals surface area contributed by atoms with Crippen molar-refractivity contribution in [3.63, 3.8) is 0 Å². The third-order valence-electron chi connectivity index (χ3n) is 3.18. The summed E-state index contributed by atoms with van der Waals surface area (Å²) in [4.78, 5) is 24.8. The minimum Gasteiger partial charge on any atom is -0.481 e. The maximum Gasteiger partial charge on any atom is 0.308 e. The van der Waals surface area contributed by atoms with Gasteiger partial charge < -0.3 is 10.0 Å². The van der Waals surface area contributed by atoms with E-state index >= 15 is 0 Å². The number of halogens is 1. The van der Waals surface area contributed by atoms with Gasteiger partial charge in [-0.2, -0.15) is 0 Å². The second-order valence-corrected chi connectivity index (χ2v) is 5.72. The van der Waals surface area contributed by atoms with E-state index in [1.165, 1.54) is 0 Å². The van der Waals surface area contributed by atoms with E-state index in [0.717, 1.165) is 9.13 Å². The van der Waals surface area contributed by atoms with Crippen molar-refractivity contribution in [2.75, 3.05) is 13.1 Å². The summed E-state index contributed by atoms with van der Waals surface area (Å²) in [7, 11) is 0. The SMILES string of the molecule is Cc1ccc(I)c(C(=O)N2CCC(C(=O)O)C2)c1. The zero-order valence-electron chi connectivity index (χ0n) is 10.0. The summed E-state index contributed by atoms with van der Waals surface area (Å²) in [5.74, 6) is -1.30. The highest BCUT2D eigenvalue weighted by atomic mass is 127. The molecule has 1 aliphatic rings. The number of hydrogen-bond acceptors (Lipinski definition) is 2. The molecule has 1 amide bonds. The number of aryl methyl sites for hydroxylation is 1. The number of carboxylic acid groups (broad SMARTS) is 1. The minimum absolute atomic E-state index is 0.0631. The van der Waals surface area contributed by atoms with Crippen molar-refractivity contribution in [3.05, 3.63) is 32.9 Å². The van der Waals surface area contributed by atoms with Gasteiger partial charge in [-0.25, -0.2) is 0 Å². The molecule has 18 heavy (non-hydrogen) atoms. The first kappa shape index (κ1) is 13.3. The number of carbonyl (C=O) groups is 2. The molecule has 1 aliphatic heterocycles. The van der Waals surface area contributed by atoms with Crippen LogP contribution in [-0.4, -0.2) is 35.0 Å². The lowest BCUT2D eigenvalue weighted by molar-refractivity contribution is -0.141. The Labute approximate surface area is 119 Å². The van der Waals surface area contributed by atoms with E-state index in [4.69, 9.17) is 5.11 Å². The quantitative estimate of drug-likeness (QED) is 0.824. The Balaban J connectivity index is 2.17. The van der Waals surface area contributed by atoms with Crippen molar-refractivity contribution in [2.45, 2.75) is 13.3 Å². The fraction of sp³-hybridized carbons (Fsp3) is 0.385. The molecule has 1 aromatic carbocycles. The van der Waals surface area contributed by atoms with Crippen molar-refractivity contribution >= 4 is 34.5 Å². The molecule has 1 heterocycles. The second-order valence-electron chi connectivity index (χ2n) is 4.56. The molecule has 4 nitrogen and oxygen atoms in total. The average molecular weight is 359 g/mol. The lowest BCUT2D eigenvalue weighted by Gasteiger charge is -2.17. The molecule has 0 radical (unpaired) electrons. The molecule has 2 rings (SSSR count). The number of hydrogen-bond donors (Lipinski definition) is 1. The van der Waals surface area contributed by atoms with E-state index < -0.39 is 11.9 Å². The highest BCUT2D eigenvalue weighted by molar-refractivity contribution is 14.1. The van der Waals surface area contributed by atoms with E-state index in [1.54, 1.807) is 4.90 Å². The van der Waals surface area contributed by atoms with Crippen molar-refractivity contribution in [1.29, 1.82) is 0 Å². The molecular weight excluding hydrogens is 345 g/mol. The highest BCUT2D eigenvalue weighted by Crippen LogP contribution is 2.22. The lowest BCUT2D eigenvalue weighted by Crippen LogP contribution is -2.30. The molecule has 1 atom stereocenters. The van der Waals surface area contributed by atoms with Gasteiger partial charge in [-0.05, 0) is 48.1 Å². The van der Waals surface area contributed by atoms with Gasteiger partial charge in [0, 0.05) is 16.7 Å². The average Bonchev–Trinajstić information content (AvgIpc) is 2.81. The number of benzene rings is 1. The molecule has 0 aliphatic carbocycles. The number of amides is 1. The molecule has 1 aromatic rings. The molecule has 0 aromatic heterocycles. The molecule has 0 saturated carbocycles. The number of carboxylic acids is 1. The van der Waals surface area contributed by atoms with Crippen LogP contribution in [0, 0.1) is 16.4 Å². The summed E-state index contributed by atoms with van der Waals surface area (Å²) in [5.41, 5.74) is 1.70. The minimum atomic E-state index is -0.816. The highest BCUT2D eigenvalue weighted by Gasteiger charge is 2.31. The molecular formula is C13H14INO3. The van der Waals surface area contributed by atoms with Crippen LogP contribution in [-0.2, 0) is 4.79 Å². The second kappa shape index (κ2) is 5.26. The molecule has 0 spiro atoms. The Morgan fingerprint density at radius 2 is 2.17 bits per heavy atom. The Bertz CT molecular complexity index is 501. The summed E-state index contributed by atoms with van der Waals surface area (Å²) in [5, 5.41) is 8.94. The van der Waals surface area contributed by atoms with E-state index in [2.05, 4.69) is 22.6 Å². The van der Waals surface area contributed by atoms with Crippen LogP contribution < -0.4 is 0 Å². The number of aliphatic carboxylic acids is 1. The largest absolute Gasteiger partial charge is 0.481 e. The summed E-state index contributed by atoms with van der Waals surface area (Å²) < 4.78 is 0.905. The van der Waals surface area contributed by atoms with Gasteiger partial charge in [-0.15, -0.1) is 0 Å². The topological polar surface area (TPSA) is 57.6 Å². The summed E-state index contributed by atoms with van der Waals surface area (Å²) >= 11 is 2.13. The number of carbonyl (C=O) groups excluding carboxylic acids is 1. The molecule has 1 N–H and O–H groups in total. The summed E-state index contributed by atoms with van der Waals surface area (Å²) in [6.07, 6.45) is 0.545. The first-order chi connectivity index (χ1) is 8.49. The van der Waals surface area contributed by atoms with E-state index in [1.807, 2.05) is 25.1 Å². The third kappa shape index (κ3) is 2.66. The Morgan fingerprint density at radius 1 is 1.44 bits per heavy atom. The predicted molar refractivity (Wildman–Crippen MR) is 75.5 cm³/mol. The molecule has 1 fully saturated rings. The van der Waals surface area contributed by atoms with E-state index in [0.29, 0.717) is 25.1 Å². The molecule has 5 heteroatoms. The van der Waals surface area contributed by atoms with Crippen molar-refractivity contribution in [2.24, 2.45) is 5.92 Å². The Kier molecular flexibility index (Phi) is 3.89. The zero-order chi connectivity index (χ0) is 13.3. The van der Waals surface area contributed by atoms with Gasteiger partial charge in [-0.1, -0.05) is 11.6 Å². The predicted octanol–water partition coefficient (Wildman–Crippen LogP) is 2.15. The Hall–Kier alpha value is -1.11. The smallest absolute Gasteiger partial charge is 0.308 e. The zero-order valence-corrected chi connectivity index (χ0v) is 12.2.